The molecule has 4 heteroatoms. The van der Waals surface area contributed by atoms with Gasteiger partial charge in [0.05, 0.1) is 3.92 Å². The molecule has 74 valence electrons. The Morgan fingerprint density at radius 2 is 2.31 bits per heavy atom. The molecular formula is C9H14INO2. The number of ether oxygens (including phenoxy) is 1. The molecule has 0 aromatic carbocycles. The molecule has 1 amide bonds. The van der Waals surface area contributed by atoms with E-state index in [2.05, 4.69) is 27.9 Å². The molecule has 1 heterocycles. The lowest BCUT2D eigenvalue weighted by Crippen LogP contribution is -2.53. The maximum absolute atomic E-state index is 11.1. The Hall–Kier alpha value is -0.0000000000000000555. The van der Waals surface area contributed by atoms with Crippen LogP contribution in [0.1, 0.15) is 32.1 Å². The van der Waals surface area contributed by atoms with E-state index in [1.54, 1.807) is 0 Å². The molecule has 1 saturated carbocycles. The van der Waals surface area contributed by atoms with Crippen molar-refractivity contribution in [3.63, 3.8) is 0 Å². The van der Waals surface area contributed by atoms with Gasteiger partial charge in [-0.15, -0.1) is 0 Å². The number of hydrogen-bond acceptors (Lipinski definition) is 2. The van der Waals surface area contributed by atoms with Gasteiger partial charge in [0.15, 0.2) is 0 Å². The summed E-state index contributed by atoms with van der Waals surface area (Å²) in [7, 11) is 0. The van der Waals surface area contributed by atoms with Crippen LogP contribution in [0.4, 0.5) is 4.79 Å². The molecule has 0 unspecified atom stereocenters. The summed E-state index contributed by atoms with van der Waals surface area (Å²) in [4.78, 5) is 11.1. The first-order valence-corrected chi connectivity index (χ1v) is 6.08. The van der Waals surface area contributed by atoms with Gasteiger partial charge in [0.25, 0.3) is 0 Å². The molecule has 1 aliphatic heterocycles. The second kappa shape index (κ2) is 3.63. The van der Waals surface area contributed by atoms with E-state index in [0.29, 0.717) is 3.92 Å². The number of halogens is 1. The van der Waals surface area contributed by atoms with E-state index in [-0.39, 0.29) is 11.7 Å². The van der Waals surface area contributed by atoms with Crippen LogP contribution in [-0.4, -0.2) is 22.2 Å². The van der Waals surface area contributed by atoms with Crippen LogP contribution >= 0.6 is 22.6 Å². The summed E-state index contributed by atoms with van der Waals surface area (Å²) in [5.41, 5.74) is -0.138. The molecular weight excluding hydrogens is 281 g/mol. The molecule has 2 atom stereocenters. The predicted octanol–water partition coefficient (Wildman–Crippen LogP) is 2.23. The third kappa shape index (κ3) is 1.78. The van der Waals surface area contributed by atoms with Crippen molar-refractivity contribution in [3.8, 4) is 0 Å². The SMILES string of the molecule is O=C1NCC[C@@]2(CCCC[C@@H]2I)O1. The fourth-order valence-electron chi connectivity index (χ4n) is 2.21. The van der Waals surface area contributed by atoms with Crippen LogP contribution < -0.4 is 5.32 Å². The van der Waals surface area contributed by atoms with E-state index in [4.69, 9.17) is 4.74 Å². The van der Waals surface area contributed by atoms with Gasteiger partial charge in [-0.05, 0) is 19.3 Å². The topological polar surface area (TPSA) is 38.3 Å². The first-order valence-electron chi connectivity index (χ1n) is 4.84. The van der Waals surface area contributed by atoms with E-state index in [1.165, 1.54) is 19.3 Å². The highest BCUT2D eigenvalue weighted by molar-refractivity contribution is 14.1. The molecule has 2 rings (SSSR count). The molecule has 0 aromatic heterocycles. The summed E-state index contributed by atoms with van der Waals surface area (Å²) in [6.07, 6.45) is 5.47. The highest BCUT2D eigenvalue weighted by Crippen LogP contribution is 2.40. The predicted molar refractivity (Wildman–Crippen MR) is 58.1 cm³/mol. The number of nitrogens with one attached hydrogen (secondary N) is 1. The highest BCUT2D eigenvalue weighted by atomic mass is 127. The molecule has 0 radical (unpaired) electrons. The Bertz CT molecular complexity index is 218. The minimum Gasteiger partial charge on any atom is -0.442 e. The number of carbonyl (C=O) groups excluding carboxylic acids is 1. The zero-order valence-corrected chi connectivity index (χ0v) is 9.67. The molecule has 2 aliphatic rings. The van der Waals surface area contributed by atoms with Crippen molar-refractivity contribution in [2.75, 3.05) is 6.54 Å². The highest BCUT2D eigenvalue weighted by Gasteiger charge is 2.44. The largest absolute Gasteiger partial charge is 0.442 e. The zero-order valence-electron chi connectivity index (χ0n) is 7.51. The van der Waals surface area contributed by atoms with E-state index < -0.39 is 0 Å². The Labute approximate surface area is 91.7 Å². The number of alkyl carbamates (subject to hydrolysis) is 1. The number of rotatable bonds is 0. The van der Waals surface area contributed by atoms with E-state index in [1.807, 2.05) is 0 Å². The lowest BCUT2D eigenvalue weighted by molar-refractivity contribution is -0.0293. The molecule has 1 saturated heterocycles. The second-order valence-corrected chi connectivity index (χ2v) is 5.35. The summed E-state index contributed by atoms with van der Waals surface area (Å²) in [6, 6.07) is 0. The average Bonchev–Trinajstić information content (AvgIpc) is 2.11. The van der Waals surface area contributed by atoms with Crippen molar-refractivity contribution in [2.24, 2.45) is 0 Å². The lowest BCUT2D eigenvalue weighted by atomic mass is 9.81. The van der Waals surface area contributed by atoms with Crippen LogP contribution in [0.2, 0.25) is 0 Å². The zero-order chi connectivity index (χ0) is 9.31. The quantitative estimate of drug-likeness (QED) is 0.550. The van der Waals surface area contributed by atoms with Gasteiger partial charge >= 0.3 is 6.09 Å². The molecule has 1 spiro atoms. The third-order valence-corrected chi connectivity index (χ3v) is 4.75. The smallest absolute Gasteiger partial charge is 0.407 e. The van der Waals surface area contributed by atoms with Gasteiger partial charge in [-0.25, -0.2) is 4.79 Å². The molecule has 3 nitrogen and oxygen atoms in total. The summed E-state index contributed by atoms with van der Waals surface area (Å²) >= 11 is 2.43. The summed E-state index contributed by atoms with van der Waals surface area (Å²) in [5, 5.41) is 2.71. The average molecular weight is 295 g/mol. The van der Waals surface area contributed by atoms with Gasteiger partial charge in [0.2, 0.25) is 0 Å². The first kappa shape index (κ1) is 9.55. The van der Waals surface area contributed by atoms with Gasteiger partial charge < -0.3 is 10.1 Å². The Balaban J connectivity index is 2.11. The maximum Gasteiger partial charge on any atom is 0.407 e. The van der Waals surface area contributed by atoms with E-state index >= 15 is 0 Å². The fourth-order valence-corrected chi connectivity index (χ4v) is 3.40. The normalized spacial score (nSPS) is 39.8. The summed E-state index contributed by atoms with van der Waals surface area (Å²) in [5.74, 6) is 0. The fraction of sp³-hybridized carbons (Fsp3) is 0.889. The van der Waals surface area contributed by atoms with E-state index in [9.17, 15) is 4.79 Å². The van der Waals surface area contributed by atoms with Crippen LogP contribution in [0.3, 0.4) is 0 Å². The van der Waals surface area contributed by atoms with Crippen LogP contribution in [0.25, 0.3) is 0 Å². The van der Waals surface area contributed by atoms with Crippen LogP contribution in [0.5, 0.6) is 0 Å². The van der Waals surface area contributed by atoms with Crippen LogP contribution in [-0.2, 0) is 4.74 Å². The van der Waals surface area contributed by atoms with Crippen molar-refractivity contribution < 1.29 is 9.53 Å². The van der Waals surface area contributed by atoms with Crippen molar-refractivity contribution in [1.82, 2.24) is 5.32 Å². The van der Waals surface area contributed by atoms with Gasteiger partial charge in [-0.1, -0.05) is 29.0 Å². The number of alkyl halides is 1. The molecule has 0 bridgehead atoms. The van der Waals surface area contributed by atoms with Gasteiger partial charge in [0, 0.05) is 13.0 Å². The Morgan fingerprint density at radius 1 is 1.46 bits per heavy atom. The summed E-state index contributed by atoms with van der Waals surface area (Å²) < 4.78 is 5.97. The first-order chi connectivity index (χ1) is 6.23. The number of amides is 1. The molecule has 0 aromatic rings. The standard InChI is InChI=1S/C9H14INO2/c10-7-3-1-2-4-9(7)5-6-11-8(12)13-9/h7H,1-6H2,(H,11,12)/t7-,9+/m0/s1. The van der Waals surface area contributed by atoms with E-state index in [0.717, 1.165) is 19.4 Å². The van der Waals surface area contributed by atoms with Crippen molar-refractivity contribution in [1.29, 1.82) is 0 Å². The Morgan fingerprint density at radius 3 is 3.00 bits per heavy atom. The second-order valence-electron chi connectivity index (χ2n) is 3.84. The van der Waals surface area contributed by atoms with Gasteiger partial charge in [-0.2, -0.15) is 0 Å². The van der Waals surface area contributed by atoms with Crippen molar-refractivity contribution in [3.05, 3.63) is 0 Å². The maximum atomic E-state index is 11.1. The van der Waals surface area contributed by atoms with Crippen molar-refractivity contribution in [2.45, 2.75) is 41.6 Å². The molecule has 1 aliphatic carbocycles. The minimum atomic E-state index is -0.227. The molecule has 13 heavy (non-hydrogen) atoms. The minimum absolute atomic E-state index is 0.138. The lowest BCUT2D eigenvalue weighted by Gasteiger charge is -2.43. The number of hydrogen-bond donors (Lipinski definition) is 1. The monoisotopic (exact) mass is 295 g/mol. The summed E-state index contributed by atoms with van der Waals surface area (Å²) in [6.45, 7) is 0.776. The third-order valence-electron chi connectivity index (χ3n) is 2.99. The van der Waals surface area contributed by atoms with Gasteiger partial charge in [-0.3, -0.25) is 0 Å². The molecule has 1 N–H and O–H groups in total. The van der Waals surface area contributed by atoms with Crippen LogP contribution in [0, 0.1) is 0 Å². The number of carbonyl (C=O) groups is 1. The van der Waals surface area contributed by atoms with Crippen LogP contribution in [0.15, 0.2) is 0 Å². The molecule has 2 fully saturated rings. The Kier molecular flexibility index (Phi) is 2.67. The van der Waals surface area contributed by atoms with Gasteiger partial charge in [0.1, 0.15) is 5.60 Å². The van der Waals surface area contributed by atoms with Crippen molar-refractivity contribution >= 4 is 28.7 Å².